The zero-order valence-electron chi connectivity index (χ0n) is 16.2. The van der Waals surface area contributed by atoms with Crippen LogP contribution in [0.25, 0.3) is 11.0 Å². The van der Waals surface area contributed by atoms with Gasteiger partial charge in [0.2, 0.25) is 10.0 Å². The lowest BCUT2D eigenvalue weighted by molar-refractivity contribution is 0.0914. The van der Waals surface area contributed by atoms with Crippen molar-refractivity contribution in [1.29, 1.82) is 0 Å². The van der Waals surface area contributed by atoms with E-state index in [1.807, 2.05) is 45.0 Å². The molecule has 28 heavy (non-hydrogen) atoms. The SMILES string of the molecule is CCN(CC)S(=O)(=O)c1ccc(C(C)NC(=O)c2cc3ccccc3o2)cc1. The van der Waals surface area contributed by atoms with Gasteiger partial charge >= 0.3 is 0 Å². The summed E-state index contributed by atoms with van der Waals surface area (Å²) in [6.45, 7) is 6.31. The van der Waals surface area contributed by atoms with E-state index in [9.17, 15) is 13.2 Å². The van der Waals surface area contributed by atoms with Gasteiger partial charge in [-0.2, -0.15) is 4.31 Å². The van der Waals surface area contributed by atoms with Crippen molar-refractivity contribution in [2.45, 2.75) is 31.7 Å². The Morgan fingerprint density at radius 1 is 1.07 bits per heavy atom. The molecular weight excluding hydrogens is 376 g/mol. The van der Waals surface area contributed by atoms with Gasteiger partial charge in [-0.3, -0.25) is 4.79 Å². The maximum Gasteiger partial charge on any atom is 0.287 e. The van der Waals surface area contributed by atoms with Gasteiger partial charge in [0.25, 0.3) is 5.91 Å². The second-order valence-corrected chi connectivity index (χ2v) is 8.44. The summed E-state index contributed by atoms with van der Waals surface area (Å²) in [6, 6.07) is 15.4. The fourth-order valence-electron chi connectivity index (χ4n) is 3.09. The summed E-state index contributed by atoms with van der Waals surface area (Å²) in [5.74, 6) is -0.0719. The van der Waals surface area contributed by atoms with Gasteiger partial charge in [-0.1, -0.05) is 44.2 Å². The number of para-hydroxylation sites is 1. The maximum absolute atomic E-state index is 12.6. The summed E-state index contributed by atoms with van der Waals surface area (Å²) < 4.78 is 32.1. The van der Waals surface area contributed by atoms with Crippen molar-refractivity contribution >= 4 is 26.9 Å². The number of amides is 1. The molecule has 148 valence electrons. The normalized spacial score (nSPS) is 13.0. The summed E-state index contributed by atoms with van der Waals surface area (Å²) in [7, 11) is -3.49. The van der Waals surface area contributed by atoms with E-state index in [1.54, 1.807) is 30.3 Å². The number of carbonyl (C=O) groups excluding carboxylic acids is 1. The zero-order chi connectivity index (χ0) is 20.3. The summed E-state index contributed by atoms with van der Waals surface area (Å²) in [4.78, 5) is 12.7. The quantitative estimate of drug-likeness (QED) is 0.651. The van der Waals surface area contributed by atoms with Crippen LogP contribution in [0, 0.1) is 0 Å². The van der Waals surface area contributed by atoms with Crippen LogP contribution in [0.5, 0.6) is 0 Å². The van der Waals surface area contributed by atoms with Crippen LogP contribution >= 0.6 is 0 Å². The molecule has 0 saturated carbocycles. The molecular formula is C21H24N2O4S. The number of rotatable bonds is 7. The molecule has 0 radical (unpaired) electrons. The molecule has 3 rings (SSSR count). The summed E-state index contributed by atoms with van der Waals surface area (Å²) in [5.41, 5.74) is 1.47. The molecule has 2 aromatic carbocycles. The van der Waals surface area contributed by atoms with Crippen LogP contribution in [0.4, 0.5) is 0 Å². The van der Waals surface area contributed by atoms with Gasteiger partial charge in [0.1, 0.15) is 5.58 Å². The molecule has 7 heteroatoms. The second kappa shape index (κ2) is 8.16. The highest BCUT2D eigenvalue weighted by molar-refractivity contribution is 7.89. The van der Waals surface area contributed by atoms with Gasteiger partial charge in [-0.15, -0.1) is 0 Å². The largest absolute Gasteiger partial charge is 0.451 e. The summed E-state index contributed by atoms with van der Waals surface area (Å²) >= 11 is 0. The monoisotopic (exact) mass is 400 g/mol. The van der Waals surface area contributed by atoms with E-state index in [0.717, 1.165) is 10.9 Å². The first kappa shape index (κ1) is 20.1. The van der Waals surface area contributed by atoms with Crippen LogP contribution in [0.15, 0.2) is 63.9 Å². The van der Waals surface area contributed by atoms with Gasteiger partial charge in [0.15, 0.2) is 5.76 Å². The molecule has 1 atom stereocenters. The predicted octanol–water partition coefficient (Wildman–Crippen LogP) is 3.95. The molecule has 1 N–H and O–H groups in total. The predicted molar refractivity (Wildman–Crippen MR) is 109 cm³/mol. The molecule has 0 spiro atoms. The highest BCUT2D eigenvalue weighted by Gasteiger charge is 2.22. The number of hydrogen-bond acceptors (Lipinski definition) is 4. The van der Waals surface area contributed by atoms with Crippen LogP contribution in [-0.4, -0.2) is 31.7 Å². The molecule has 1 aromatic heterocycles. The molecule has 1 unspecified atom stereocenters. The van der Waals surface area contributed by atoms with Crippen LogP contribution in [0.3, 0.4) is 0 Å². The van der Waals surface area contributed by atoms with Gasteiger partial charge < -0.3 is 9.73 Å². The lowest BCUT2D eigenvalue weighted by atomic mass is 10.1. The molecule has 1 amide bonds. The topological polar surface area (TPSA) is 79.6 Å². The molecule has 0 bridgehead atoms. The molecule has 0 aliphatic rings. The van der Waals surface area contributed by atoms with E-state index in [0.29, 0.717) is 18.7 Å². The van der Waals surface area contributed by atoms with Crippen molar-refractivity contribution in [2.24, 2.45) is 0 Å². The second-order valence-electron chi connectivity index (χ2n) is 6.50. The minimum absolute atomic E-state index is 0.244. The highest BCUT2D eigenvalue weighted by atomic mass is 32.2. The summed E-state index contributed by atoms with van der Waals surface area (Å²) in [5, 5.41) is 3.75. The maximum atomic E-state index is 12.6. The van der Waals surface area contributed by atoms with Crippen molar-refractivity contribution in [2.75, 3.05) is 13.1 Å². The average Bonchev–Trinajstić information content (AvgIpc) is 3.13. The number of carbonyl (C=O) groups is 1. The van der Waals surface area contributed by atoms with Crippen molar-refractivity contribution in [1.82, 2.24) is 9.62 Å². The van der Waals surface area contributed by atoms with Crippen LogP contribution in [0.1, 0.15) is 42.9 Å². The van der Waals surface area contributed by atoms with Crippen molar-refractivity contribution < 1.29 is 17.6 Å². The molecule has 3 aromatic rings. The zero-order valence-corrected chi connectivity index (χ0v) is 17.0. The van der Waals surface area contributed by atoms with Gasteiger partial charge in [0, 0.05) is 18.5 Å². The van der Waals surface area contributed by atoms with E-state index in [2.05, 4.69) is 5.32 Å². The number of fused-ring (bicyclic) bond motifs is 1. The number of nitrogens with zero attached hydrogens (tertiary/aromatic N) is 1. The van der Waals surface area contributed by atoms with Crippen molar-refractivity contribution in [3.05, 3.63) is 65.9 Å². The minimum atomic E-state index is -3.49. The number of nitrogens with one attached hydrogen (secondary N) is 1. The minimum Gasteiger partial charge on any atom is -0.451 e. The van der Waals surface area contributed by atoms with Crippen LogP contribution < -0.4 is 5.32 Å². The molecule has 0 aliphatic carbocycles. The number of benzene rings is 2. The Balaban J connectivity index is 1.74. The molecule has 0 saturated heterocycles. The molecule has 1 heterocycles. The Morgan fingerprint density at radius 2 is 1.71 bits per heavy atom. The Bertz CT molecular complexity index is 1030. The van der Waals surface area contributed by atoms with Crippen molar-refractivity contribution in [3.8, 4) is 0 Å². The fraction of sp³-hybridized carbons (Fsp3) is 0.286. The Hall–Kier alpha value is -2.64. The van der Waals surface area contributed by atoms with Gasteiger partial charge in [-0.05, 0) is 36.8 Å². The van der Waals surface area contributed by atoms with Gasteiger partial charge in [0.05, 0.1) is 10.9 Å². The third-order valence-corrected chi connectivity index (χ3v) is 6.78. The average molecular weight is 401 g/mol. The molecule has 0 aliphatic heterocycles. The fourth-order valence-corrected chi connectivity index (χ4v) is 4.54. The first-order valence-corrected chi connectivity index (χ1v) is 10.7. The van der Waals surface area contributed by atoms with Crippen LogP contribution in [-0.2, 0) is 10.0 Å². The lowest BCUT2D eigenvalue weighted by Crippen LogP contribution is -2.30. The Labute approximate surface area is 165 Å². The number of sulfonamides is 1. The third-order valence-electron chi connectivity index (χ3n) is 4.72. The lowest BCUT2D eigenvalue weighted by Gasteiger charge is -2.19. The number of furan rings is 1. The Kier molecular flexibility index (Phi) is 5.86. The smallest absolute Gasteiger partial charge is 0.287 e. The molecule has 0 fully saturated rings. The first-order chi connectivity index (χ1) is 13.4. The summed E-state index contributed by atoms with van der Waals surface area (Å²) in [6.07, 6.45) is 0. The third kappa shape index (κ3) is 3.95. The van der Waals surface area contributed by atoms with E-state index < -0.39 is 10.0 Å². The molecule has 6 nitrogen and oxygen atoms in total. The van der Waals surface area contributed by atoms with Gasteiger partial charge in [-0.25, -0.2) is 8.42 Å². The first-order valence-electron chi connectivity index (χ1n) is 9.26. The van der Waals surface area contributed by atoms with E-state index >= 15 is 0 Å². The van der Waals surface area contributed by atoms with Crippen molar-refractivity contribution in [3.63, 3.8) is 0 Å². The van der Waals surface area contributed by atoms with E-state index in [4.69, 9.17) is 4.42 Å². The standard InChI is InChI=1S/C21H24N2O4S/c1-4-23(5-2)28(25,26)18-12-10-16(11-13-18)15(3)22-21(24)20-14-17-8-6-7-9-19(17)27-20/h6-15H,4-5H2,1-3H3,(H,22,24). The van der Waals surface area contributed by atoms with E-state index in [-0.39, 0.29) is 22.6 Å². The van der Waals surface area contributed by atoms with Crippen LogP contribution in [0.2, 0.25) is 0 Å². The highest BCUT2D eigenvalue weighted by Crippen LogP contribution is 2.22. The Morgan fingerprint density at radius 3 is 2.32 bits per heavy atom. The number of hydrogen-bond donors (Lipinski definition) is 1. The van der Waals surface area contributed by atoms with E-state index in [1.165, 1.54) is 4.31 Å².